The Morgan fingerprint density at radius 1 is 1.14 bits per heavy atom. The van der Waals surface area contributed by atoms with Crippen LogP contribution in [0.2, 0.25) is 0 Å². The molecule has 0 aromatic heterocycles. The molecule has 1 unspecified atom stereocenters. The fourth-order valence-electron chi connectivity index (χ4n) is 3.54. The molecule has 1 saturated heterocycles. The van der Waals surface area contributed by atoms with Gasteiger partial charge in [-0.3, -0.25) is 9.79 Å². The molecule has 0 radical (unpaired) electrons. The normalized spacial score (nSPS) is 21.8. The van der Waals surface area contributed by atoms with Crippen molar-refractivity contribution in [2.24, 2.45) is 10.9 Å². The molecule has 1 atom stereocenters. The molecular weight excluding hydrogens is 382 g/mol. The summed E-state index contributed by atoms with van der Waals surface area (Å²) in [5, 5.41) is 1.06. The average molecular weight is 408 g/mol. The average Bonchev–Trinajstić information content (AvgIpc) is 3.13. The number of rotatable bonds is 4. The van der Waals surface area contributed by atoms with E-state index in [9.17, 15) is 4.79 Å². The molecular formula is C24H25NO3S. The standard InChI is InChI=1S/C24H25NO3S/c1-16(2)25-24-19(12-17-6-4-3-5-7-17)9-10-20(26)23(29-24)14-18-8-11-21-22(13-18)28-15-27-21/h3-8,11,13-14,16,19H,9-10,12,15H2,1-2H3/b23-14-,25-24?. The van der Waals surface area contributed by atoms with Crippen LogP contribution in [0.5, 0.6) is 11.5 Å². The molecule has 0 saturated carbocycles. The van der Waals surface area contributed by atoms with Crippen LogP contribution in [0, 0.1) is 5.92 Å². The monoisotopic (exact) mass is 407 g/mol. The minimum absolute atomic E-state index is 0.180. The number of allylic oxidation sites excluding steroid dienone is 1. The number of nitrogens with zero attached hydrogens (tertiary/aromatic N) is 1. The van der Waals surface area contributed by atoms with E-state index >= 15 is 0 Å². The van der Waals surface area contributed by atoms with Crippen LogP contribution in [0.4, 0.5) is 0 Å². The van der Waals surface area contributed by atoms with Crippen LogP contribution in [0.25, 0.3) is 6.08 Å². The van der Waals surface area contributed by atoms with Crippen LogP contribution in [-0.4, -0.2) is 23.7 Å². The lowest BCUT2D eigenvalue weighted by Gasteiger charge is -2.17. The van der Waals surface area contributed by atoms with E-state index < -0.39 is 0 Å². The third kappa shape index (κ3) is 4.91. The molecule has 2 heterocycles. The number of carbonyl (C=O) groups is 1. The van der Waals surface area contributed by atoms with Crippen molar-refractivity contribution in [1.82, 2.24) is 0 Å². The molecule has 2 aliphatic heterocycles. The first-order valence-electron chi connectivity index (χ1n) is 10.0. The van der Waals surface area contributed by atoms with Crippen molar-refractivity contribution in [2.75, 3.05) is 6.79 Å². The molecule has 0 amide bonds. The molecule has 0 aliphatic carbocycles. The predicted molar refractivity (Wildman–Crippen MR) is 119 cm³/mol. The van der Waals surface area contributed by atoms with Gasteiger partial charge in [-0.1, -0.05) is 48.2 Å². The summed E-state index contributed by atoms with van der Waals surface area (Å²) in [5.74, 6) is 1.91. The zero-order chi connectivity index (χ0) is 20.2. The van der Waals surface area contributed by atoms with Crippen molar-refractivity contribution < 1.29 is 14.3 Å². The first kappa shape index (κ1) is 19.8. The largest absolute Gasteiger partial charge is 0.454 e. The van der Waals surface area contributed by atoms with Gasteiger partial charge in [0.15, 0.2) is 17.3 Å². The van der Waals surface area contributed by atoms with Gasteiger partial charge in [0.25, 0.3) is 0 Å². The summed E-state index contributed by atoms with van der Waals surface area (Å²) in [4.78, 5) is 18.5. The highest BCUT2D eigenvalue weighted by atomic mass is 32.2. The minimum atomic E-state index is 0.180. The Bertz CT molecular complexity index is 950. The van der Waals surface area contributed by atoms with Crippen molar-refractivity contribution in [1.29, 1.82) is 0 Å². The second-order valence-corrected chi connectivity index (χ2v) is 8.70. The summed E-state index contributed by atoms with van der Waals surface area (Å²) in [7, 11) is 0. The maximum absolute atomic E-state index is 12.9. The Hall–Kier alpha value is -2.53. The molecule has 150 valence electrons. The number of hydrogen-bond donors (Lipinski definition) is 0. The summed E-state index contributed by atoms with van der Waals surface area (Å²) < 4.78 is 10.9. The molecule has 29 heavy (non-hydrogen) atoms. The van der Waals surface area contributed by atoms with Crippen molar-refractivity contribution in [3.8, 4) is 11.5 Å². The highest BCUT2D eigenvalue weighted by Crippen LogP contribution is 2.37. The smallest absolute Gasteiger partial charge is 0.231 e. The van der Waals surface area contributed by atoms with E-state index in [2.05, 4.69) is 38.1 Å². The van der Waals surface area contributed by atoms with Gasteiger partial charge in [-0.15, -0.1) is 0 Å². The maximum Gasteiger partial charge on any atom is 0.231 e. The van der Waals surface area contributed by atoms with Gasteiger partial charge in [0.1, 0.15) is 0 Å². The number of hydrogen-bond acceptors (Lipinski definition) is 5. The summed E-state index contributed by atoms with van der Waals surface area (Å²) in [6, 6.07) is 16.4. The Balaban J connectivity index is 1.62. The molecule has 2 aromatic carbocycles. The van der Waals surface area contributed by atoms with Gasteiger partial charge in [-0.25, -0.2) is 0 Å². The summed E-state index contributed by atoms with van der Waals surface area (Å²) >= 11 is 1.53. The second kappa shape index (κ2) is 8.87. The van der Waals surface area contributed by atoms with Gasteiger partial charge >= 0.3 is 0 Å². The van der Waals surface area contributed by atoms with Crippen molar-refractivity contribution in [2.45, 2.75) is 39.2 Å². The number of ether oxygens (including phenoxy) is 2. The van der Waals surface area contributed by atoms with Crippen LogP contribution in [-0.2, 0) is 11.2 Å². The lowest BCUT2D eigenvalue weighted by atomic mass is 9.94. The highest BCUT2D eigenvalue weighted by molar-refractivity contribution is 8.18. The van der Waals surface area contributed by atoms with Crippen molar-refractivity contribution in [3.05, 3.63) is 64.6 Å². The lowest BCUT2D eigenvalue weighted by Crippen LogP contribution is -2.15. The maximum atomic E-state index is 12.9. The van der Waals surface area contributed by atoms with E-state index in [0.717, 1.165) is 39.9 Å². The van der Waals surface area contributed by atoms with Gasteiger partial charge in [0, 0.05) is 18.4 Å². The van der Waals surface area contributed by atoms with Gasteiger partial charge in [0.2, 0.25) is 6.79 Å². The molecule has 1 fully saturated rings. The van der Waals surface area contributed by atoms with Crippen LogP contribution < -0.4 is 9.47 Å². The number of aliphatic imine (C=N–C) groups is 1. The third-order valence-corrected chi connectivity index (χ3v) is 6.18. The third-order valence-electron chi connectivity index (χ3n) is 4.96. The predicted octanol–water partition coefficient (Wildman–Crippen LogP) is 5.52. The van der Waals surface area contributed by atoms with Crippen molar-refractivity contribution in [3.63, 3.8) is 0 Å². The number of ketones is 1. The van der Waals surface area contributed by atoms with Crippen LogP contribution >= 0.6 is 11.8 Å². The van der Waals surface area contributed by atoms with E-state index in [0.29, 0.717) is 6.42 Å². The zero-order valence-electron chi connectivity index (χ0n) is 16.8. The summed E-state index contributed by atoms with van der Waals surface area (Å²) in [5.41, 5.74) is 2.22. The molecule has 0 spiro atoms. The fraction of sp³-hybridized carbons (Fsp3) is 0.333. The first-order valence-corrected chi connectivity index (χ1v) is 10.8. The molecule has 0 bridgehead atoms. The Kier molecular flexibility index (Phi) is 6.05. The zero-order valence-corrected chi connectivity index (χ0v) is 17.6. The van der Waals surface area contributed by atoms with Gasteiger partial charge < -0.3 is 9.47 Å². The van der Waals surface area contributed by atoms with Gasteiger partial charge in [0.05, 0.1) is 9.95 Å². The van der Waals surface area contributed by atoms with E-state index in [1.807, 2.05) is 30.3 Å². The second-order valence-electron chi connectivity index (χ2n) is 7.63. The molecule has 4 nitrogen and oxygen atoms in total. The van der Waals surface area contributed by atoms with E-state index in [1.165, 1.54) is 17.3 Å². The molecule has 5 heteroatoms. The topological polar surface area (TPSA) is 47.9 Å². The van der Waals surface area contributed by atoms with E-state index in [1.54, 1.807) is 0 Å². The number of carbonyl (C=O) groups excluding carboxylic acids is 1. The number of thioether (sulfide) groups is 1. The Morgan fingerprint density at radius 3 is 2.72 bits per heavy atom. The van der Waals surface area contributed by atoms with Crippen LogP contribution in [0.15, 0.2) is 58.4 Å². The minimum Gasteiger partial charge on any atom is -0.454 e. The first-order chi connectivity index (χ1) is 14.1. The molecule has 2 aromatic rings. The Morgan fingerprint density at radius 2 is 1.93 bits per heavy atom. The number of fused-ring (bicyclic) bond motifs is 1. The summed E-state index contributed by atoms with van der Waals surface area (Å²) in [6.45, 7) is 4.41. The highest BCUT2D eigenvalue weighted by Gasteiger charge is 2.27. The Labute approximate surface area is 176 Å². The number of Topliss-reactive ketones (excluding diaryl/α,β-unsaturated/α-hetero) is 1. The number of benzene rings is 2. The lowest BCUT2D eigenvalue weighted by molar-refractivity contribution is -0.115. The molecule has 4 rings (SSSR count). The van der Waals surface area contributed by atoms with Crippen molar-refractivity contribution >= 4 is 28.7 Å². The quantitative estimate of drug-likeness (QED) is 0.626. The van der Waals surface area contributed by atoms with Crippen LogP contribution in [0.1, 0.15) is 37.8 Å². The van der Waals surface area contributed by atoms with E-state index in [-0.39, 0.29) is 24.5 Å². The van der Waals surface area contributed by atoms with Crippen LogP contribution in [0.3, 0.4) is 0 Å². The fourth-order valence-corrected chi connectivity index (χ4v) is 4.81. The van der Waals surface area contributed by atoms with E-state index in [4.69, 9.17) is 14.5 Å². The molecule has 2 aliphatic rings. The summed E-state index contributed by atoms with van der Waals surface area (Å²) in [6.07, 6.45) is 4.22. The molecule has 0 N–H and O–H groups in total. The van der Waals surface area contributed by atoms with Gasteiger partial charge in [-0.05, 0) is 56.0 Å². The van der Waals surface area contributed by atoms with Gasteiger partial charge in [-0.2, -0.15) is 0 Å². The SMILES string of the molecule is CC(C)N=C1S/C(=C\c2ccc3c(c2)OCO3)C(=O)CCC1Cc1ccccc1.